The van der Waals surface area contributed by atoms with Crippen LogP contribution in [0.3, 0.4) is 0 Å². The number of ether oxygens (including phenoxy) is 1. The fraction of sp³-hybridized carbons (Fsp3) is 0.176. The van der Waals surface area contributed by atoms with Crippen molar-refractivity contribution in [2.24, 2.45) is 0 Å². The second-order valence-electron chi connectivity index (χ2n) is 4.96. The molecule has 1 aromatic heterocycles. The molecule has 2 aromatic carbocycles. The van der Waals surface area contributed by atoms with E-state index in [4.69, 9.17) is 4.74 Å². The van der Waals surface area contributed by atoms with E-state index in [1.54, 1.807) is 18.4 Å². The Morgan fingerprint density at radius 2 is 1.73 bits per heavy atom. The molecule has 0 aliphatic heterocycles. The predicted molar refractivity (Wildman–Crippen MR) is 90.4 cm³/mol. The standard InChI is InChI=1S/C17H17N3OS/c1-20(12-13-6-4-3-5-7-13)17-19-18-16(22-17)14-8-10-15(21-2)11-9-14/h3-11H,12H2,1-2H3. The van der Waals surface area contributed by atoms with Crippen molar-refractivity contribution < 1.29 is 4.74 Å². The third-order valence-corrected chi connectivity index (χ3v) is 4.43. The Morgan fingerprint density at radius 3 is 2.41 bits per heavy atom. The van der Waals surface area contributed by atoms with Crippen LogP contribution < -0.4 is 9.64 Å². The van der Waals surface area contributed by atoms with Crippen LogP contribution in [0.4, 0.5) is 5.13 Å². The summed E-state index contributed by atoms with van der Waals surface area (Å²) >= 11 is 1.59. The van der Waals surface area contributed by atoms with Gasteiger partial charge in [0.25, 0.3) is 0 Å². The molecule has 0 aliphatic carbocycles. The van der Waals surface area contributed by atoms with Crippen LogP contribution in [0.2, 0.25) is 0 Å². The highest BCUT2D eigenvalue weighted by molar-refractivity contribution is 7.18. The summed E-state index contributed by atoms with van der Waals surface area (Å²) in [5.74, 6) is 0.842. The Kier molecular flexibility index (Phi) is 4.34. The Bertz CT molecular complexity index is 725. The summed E-state index contributed by atoms with van der Waals surface area (Å²) in [4.78, 5) is 2.11. The van der Waals surface area contributed by atoms with E-state index in [0.717, 1.165) is 28.0 Å². The first-order valence-corrected chi connectivity index (χ1v) is 7.81. The van der Waals surface area contributed by atoms with Gasteiger partial charge >= 0.3 is 0 Å². The molecule has 0 saturated heterocycles. The number of benzene rings is 2. The van der Waals surface area contributed by atoms with Crippen molar-refractivity contribution in [3.63, 3.8) is 0 Å². The van der Waals surface area contributed by atoms with Gasteiger partial charge in [-0.1, -0.05) is 41.7 Å². The van der Waals surface area contributed by atoms with Crippen LogP contribution in [0.15, 0.2) is 54.6 Å². The van der Waals surface area contributed by atoms with E-state index in [-0.39, 0.29) is 0 Å². The first kappa shape index (κ1) is 14.5. The van der Waals surface area contributed by atoms with E-state index in [9.17, 15) is 0 Å². The van der Waals surface area contributed by atoms with Gasteiger partial charge in [0, 0.05) is 19.2 Å². The van der Waals surface area contributed by atoms with E-state index >= 15 is 0 Å². The van der Waals surface area contributed by atoms with Crippen molar-refractivity contribution >= 4 is 16.5 Å². The number of nitrogens with zero attached hydrogens (tertiary/aromatic N) is 3. The molecule has 0 atom stereocenters. The summed E-state index contributed by atoms with van der Waals surface area (Å²) in [6, 6.07) is 18.2. The first-order chi connectivity index (χ1) is 10.8. The maximum Gasteiger partial charge on any atom is 0.208 e. The zero-order chi connectivity index (χ0) is 15.4. The Balaban J connectivity index is 1.75. The number of rotatable bonds is 5. The maximum atomic E-state index is 5.17. The molecule has 1 heterocycles. The molecule has 0 radical (unpaired) electrons. The Morgan fingerprint density at radius 1 is 1.00 bits per heavy atom. The van der Waals surface area contributed by atoms with Gasteiger partial charge in [-0.25, -0.2) is 0 Å². The van der Waals surface area contributed by atoms with Crippen LogP contribution in [0.1, 0.15) is 5.56 Å². The van der Waals surface area contributed by atoms with Gasteiger partial charge in [-0.2, -0.15) is 0 Å². The van der Waals surface area contributed by atoms with Crippen LogP contribution in [0.5, 0.6) is 5.75 Å². The zero-order valence-electron chi connectivity index (χ0n) is 12.6. The third kappa shape index (κ3) is 3.26. The average Bonchev–Trinajstić information content (AvgIpc) is 3.06. The van der Waals surface area contributed by atoms with Crippen LogP contribution in [0, 0.1) is 0 Å². The molecule has 112 valence electrons. The fourth-order valence-corrected chi connectivity index (χ4v) is 2.96. The normalized spacial score (nSPS) is 10.5. The molecular formula is C17H17N3OS. The lowest BCUT2D eigenvalue weighted by molar-refractivity contribution is 0.415. The van der Waals surface area contributed by atoms with Crippen molar-refractivity contribution in [3.8, 4) is 16.3 Å². The summed E-state index contributed by atoms with van der Waals surface area (Å²) < 4.78 is 5.17. The molecule has 3 rings (SSSR count). The second kappa shape index (κ2) is 6.58. The molecule has 0 N–H and O–H groups in total. The minimum absolute atomic E-state index is 0.818. The highest BCUT2D eigenvalue weighted by Crippen LogP contribution is 2.29. The van der Waals surface area contributed by atoms with E-state index in [1.807, 2.05) is 49.5 Å². The van der Waals surface area contributed by atoms with E-state index < -0.39 is 0 Å². The quantitative estimate of drug-likeness (QED) is 0.717. The molecule has 4 nitrogen and oxygen atoms in total. The minimum Gasteiger partial charge on any atom is -0.497 e. The largest absolute Gasteiger partial charge is 0.497 e. The molecule has 0 aliphatic rings. The van der Waals surface area contributed by atoms with E-state index in [2.05, 4.69) is 27.2 Å². The molecule has 0 saturated carbocycles. The smallest absolute Gasteiger partial charge is 0.208 e. The van der Waals surface area contributed by atoms with Crippen molar-refractivity contribution in [2.75, 3.05) is 19.1 Å². The lowest BCUT2D eigenvalue weighted by Gasteiger charge is -2.14. The van der Waals surface area contributed by atoms with Gasteiger partial charge in [-0.15, -0.1) is 10.2 Å². The summed E-state index contributed by atoms with van der Waals surface area (Å²) in [5.41, 5.74) is 2.31. The molecule has 0 unspecified atom stereocenters. The van der Waals surface area contributed by atoms with Gasteiger partial charge in [0.2, 0.25) is 5.13 Å². The number of hydrogen-bond acceptors (Lipinski definition) is 5. The van der Waals surface area contributed by atoms with Gasteiger partial charge in [0.1, 0.15) is 10.8 Å². The molecule has 3 aromatic rings. The predicted octanol–water partition coefficient (Wildman–Crippen LogP) is 3.85. The first-order valence-electron chi connectivity index (χ1n) is 6.99. The molecule has 0 amide bonds. The van der Waals surface area contributed by atoms with Crippen LogP contribution in [-0.2, 0) is 6.54 Å². The molecule has 0 bridgehead atoms. The van der Waals surface area contributed by atoms with Gasteiger partial charge in [-0.05, 0) is 29.8 Å². The molecule has 22 heavy (non-hydrogen) atoms. The van der Waals surface area contributed by atoms with Crippen molar-refractivity contribution in [2.45, 2.75) is 6.54 Å². The summed E-state index contributed by atoms with van der Waals surface area (Å²) in [6.45, 7) is 0.818. The lowest BCUT2D eigenvalue weighted by Crippen LogP contribution is -2.15. The van der Waals surface area contributed by atoms with Crippen molar-refractivity contribution in [1.29, 1.82) is 0 Å². The molecule has 0 fully saturated rings. The van der Waals surface area contributed by atoms with Gasteiger partial charge < -0.3 is 9.64 Å². The van der Waals surface area contributed by atoms with Gasteiger partial charge in [0.15, 0.2) is 0 Å². The van der Waals surface area contributed by atoms with E-state index in [0.29, 0.717) is 0 Å². The zero-order valence-corrected chi connectivity index (χ0v) is 13.4. The number of anilines is 1. The van der Waals surface area contributed by atoms with Crippen molar-refractivity contribution in [3.05, 3.63) is 60.2 Å². The summed E-state index contributed by atoms with van der Waals surface area (Å²) in [7, 11) is 3.70. The lowest BCUT2D eigenvalue weighted by atomic mass is 10.2. The molecule has 0 spiro atoms. The van der Waals surface area contributed by atoms with Crippen LogP contribution in [-0.4, -0.2) is 24.4 Å². The number of hydrogen-bond donors (Lipinski definition) is 0. The fourth-order valence-electron chi connectivity index (χ4n) is 2.14. The monoisotopic (exact) mass is 311 g/mol. The van der Waals surface area contributed by atoms with Crippen LogP contribution >= 0.6 is 11.3 Å². The summed E-state index contributed by atoms with van der Waals surface area (Å²) in [5, 5.41) is 10.4. The van der Waals surface area contributed by atoms with E-state index in [1.165, 1.54) is 5.56 Å². The SMILES string of the molecule is COc1ccc(-c2nnc(N(C)Cc3ccccc3)s2)cc1. The topological polar surface area (TPSA) is 38.3 Å². The summed E-state index contributed by atoms with van der Waals surface area (Å²) in [6.07, 6.45) is 0. The van der Waals surface area contributed by atoms with Gasteiger partial charge in [0.05, 0.1) is 7.11 Å². The Hall–Kier alpha value is -2.40. The van der Waals surface area contributed by atoms with Crippen LogP contribution in [0.25, 0.3) is 10.6 Å². The highest BCUT2D eigenvalue weighted by Gasteiger charge is 2.11. The number of methoxy groups -OCH3 is 1. The average molecular weight is 311 g/mol. The maximum absolute atomic E-state index is 5.17. The third-order valence-electron chi connectivity index (χ3n) is 3.34. The Labute approximate surface area is 134 Å². The highest BCUT2D eigenvalue weighted by atomic mass is 32.1. The second-order valence-corrected chi connectivity index (χ2v) is 5.92. The number of aromatic nitrogens is 2. The van der Waals surface area contributed by atoms with Crippen molar-refractivity contribution in [1.82, 2.24) is 10.2 Å². The minimum atomic E-state index is 0.818. The molecular weight excluding hydrogens is 294 g/mol. The van der Waals surface area contributed by atoms with Gasteiger partial charge in [-0.3, -0.25) is 0 Å². The molecule has 5 heteroatoms.